The van der Waals surface area contributed by atoms with E-state index in [1.165, 1.54) is 128 Å². The minimum atomic E-state index is -0.00584. The third-order valence-electron chi connectivity index (χ3n) is 9.37. The number of unbranched alkanes of at least 4 members (excludes halogenated alkanes) is 18. The van der Waals surface area contributed by atoms with Crippen LogP contribution in [0.1, 0.15) is 168 Å². The van der Waals surface area contributed by atoms with Gasteiger partial charge in [0.25, 0.3) is 0 Å². The minimum Gasteiger partial charge on any atom is -0.374 e. The normalized spacial score (nSPS) is 17.0. The smallest absolute Gasteiger partial charge is 0.236 e. The van der Waals surface area contributed by atoms with E-state index in [9.17, 15) is 4.79 Å². The molecule has 1 saturated heterocycles. The van der Waals surface area contributed by atoms with Crippen molar-refractivity contribution in [1.29, 1.82) is 0 Å². The van der Waals surface area contributed by atoms with Gasteiger partial charge in [-0.1, -0.05) is 140 Å². The molecule has 1 aliphatic heterocycles. The largest absolute Gasteiger partial charge is 0.374 e. The molecule has 0 spiro atoms. The maximum atomic E-state index is 12.8. The number of likely N-dealkylation sites (tertiary alicyclic amines) is 1. The molecular formula is C44H80N2O3. The Morgan fingerprint density at radius 3 is 1.24 bits per heavy atom. The van der Waals surface area contributed by atoms with Crippen LogP contribution in [0, 0.1) is 0 Å². The average molecular weight is 685 g/mol. The number of likely N-dealkylation sites (N-methyl/N-ethyl adjacent to an activating group) is 1. The molecule has 0 saturated carbocycles. The first-order chi connectivity index (χ1) is 24.1. The van der Waals surface area contributed by atoms with E-state index in [1.54, 1.807) is 0 Å². The van der Waals surface area contributed by atoms with E-state index >= 15 is 0 Å². The first-order valence-corrected chi connectivity index (χ1v) is 20.8. The van der Waals surface area contributed by atoms with Gasteiger partial charge in [0.05, 0.1) is 6.54 Å². The molecule has 1 amide bonds. The minimum absolute atomic E-state index is 0.00584. The van der Waals surface area contributed by atoms with Crippen LogP contribution in [0.4, 0.5) is 0 Å². The van der Waals surface area contributed by atoms with Crippen LogP contribution >= 0.6 is 0 Å². The molecular weight excluding hydrogens is 604 g/mol. The highest BCUT2D eigenvalue weighted by Gasteiger charge is 2.36. The van der Waals surface area contributed by atoms with Crippen molar-refractivity contribution in [2.24, 2.45) is 0 Å². The Hall–Kier alpha value is -1.69. The zero-order valence-electron chi connectivity index (χ0n) is 32.9. The number of carbonyl (C=O) groups excluding carboxylic acids is 1. The molecule has 0 aliphatic carbocycles. The molecule has 49 heavy (non-hydrogen) atoms. The summed E-state index contributed by atoms with van der Waals surface area (Å²) in [6, 6.07) is 0. The maximum absolute atomic E-state index is 12.8. The van der Waals surface area contributed by atoms with Crippen molar-refractivity contribution >= 4 is 5.91 Å². The second kappa shape index (κ2) is 34.7. The Bertz CT molecular complexity index is 791. The van der Waals surface area contributed by atoms with E-state index < -0.39 is 0 Å². The monoisotopic (exact) mass is 685 g/mol. The van der Waals surface area contributed by atoms with Gasteiger partial charge >= 0.3 is 0 Å². The lowest BCUT2D eigenvalue weighted by atomic mass is 10.1. The van der Waals surface area contributed by atoms with Crippen molar-refractivity contribution in [3.8, 4) is 0 Å². The highest BCUT2D eigenvalue weighted by atomic mass is 16.5. The van der Waals surface area contributed by atoms with Gasteiger partial charge in [0.15, 0.2) is 0 Å². The van der Waals surface area contributed by atoms with E-state index in [2.05, 4.69) is 62.5 Å². The number of nitrogens with zero attached hydrogens (tertiary/aromatic N) is 2. The summed E-state index contributed by atoms with van der Waals surface area (Å²) in [6.45, 7) is 7.80. The number of ether oxygens (including phenoxy) is 2. The SMILES string of the molecule is CCCCC/C=C\C/C=C\CCCCCCCCO[C@@H]1CN(C(=O)CN(C)C)C[C@H]1OCCCCCCCC/C=C\C/C=C\CCCCC. The number of rotatable bonds is 34. The fourth-order valence-electron chi connectivity index (χ4n) is 6.29. The zero-order valence-corrected chi connectivity index (χ0v) is 32.9. The summed E-state index contributed by atoms with van der Waals surface area (Å²) < 4.78 is 12.7. The first-order valence-electron chi connectivity index (χ1n) is 20.8. The van der Waals surface area contributed by atoms with Gasteiger partial charge in [-0.3, -0.25) is 4.79 Å². The first kappa shape index (κ1) is 45.3. The average Bonchev–Trinajstić information content (AvgIpc) is 3.50. The lowest BCUT2D eigenvalue weighted by Gasteiger charge is -2.19. The third kappa shape index (κ3) is 28.7. The summed E-state index contributed by atoms with van der Waals surface area (Å²) in [5, 5.41) is 0. The van der Waals surface area contributed by atoms with Crippen LogP contribution in [0.2, 0.25) is 0 Å². The van der Waals surface area contributed by atoms with Gasteiger partial charge in [-0.2, -0.15) is 0 Å². The summed E-state index contributed by atoms with van der Waals surface area (Å²) >= 11 is 0. The molecule has 284 valence electrons. The lowest BCUT2D eigenvalue weighted by Crippen LogP contribution is -2.37. The molecule has 0 N–H and O–H groups in total. The molecule has 5 heteroatoms. The van der Waals surface area contributed by atoms with Crippen LogP contribution in [0.5, 0.6) is 0 Å². The van der Waals surface area contributed by atoms with Gasteiger partial charge in [-0.05, 0) is 91.1 Å². The second-order valence-electron chi connectivity index (χ2n) is 14.5. The zero-order chi connectivity index (χ0) is 35.5. The van der Waals surface area contributed by atoms with Crippen molar-refractivity contribution in [3.63, 3.8) is 0 Å². The van der Waals surface area contributed by atoms with Crippen LogP contribution < -0.4 is 0 Å². The molecule has 0 aromatic rings. The van der Waals surface area contributed by atoms with Crippen LogP contribution in [0.15, 0.2) is 48.6 Å². The molecule has 1 aliphatic rings. The third-order valence-corrected chi connectivity index (χ3v) is 9.37. The van der Waals surface area contributed by atoms with Crippen molar-refractivity contribution in [2.75, 3.05) is 46.9 Å². The number of allylic oxidation sites excluding steroid dienone is 8. The van der Waals surface area contributed by atoms with Gasteiger partial charge in [-0.25, -0.2) is 0 Å². The molecule has 0 bridgehead atoms. The molecule has 0 aromatic heterocycles. The van der Waals surface area contributed by atoms with E-state index in [0.29, 0.717) is 19.6 Å². The summed E-state index contributed by atoms with van der Waals surface area (Å²) in [5.41, 5.74) is 0. The number of amides is 1. The Kier molecular flexibility index (Phi) is 32.1. The number of hydrogen-bond donors (Lipinski definition) is 0. The summed E-state index contributed by atoms with van der Waals surface area (Å²) in [7, 11) is 3.90. The lowest BCUT2D eigenvalue weighted by molar-refractivity contribution is -0.131. The summed E-state index contributed by atoms with van der Waals surface area (Å²) in [5.74, 6) is 0.173. The number of hydrogen-bond acceptors (Lipinski definition) is 4. The van der Waals surface area contributed by atoms with Crippen LogP contribution in [0.25, 0.3) is 0 Å². The van der Waals surface area contributed by atoms with E-state index in [1.807, 2.05) is 23.9 Å². The molecule has 1 rings (SSSR count). The van der Waals surface area contributed by atoms with Gasteiger partial charge in [-0.15, -0.1) is 0 Å². The quantitative estimate of drug-likeness (QED) is 0.0500. The standard InChI is InChI=1S/C44H80N2O3/c1-5-7-9-11-13-15-17-19-21-23-25-27-29-31-33-35-37-48-42-39-46(44(47)41-45(3)4)40-43(42)49-38-36-34-32-30-28-26-24-22-20-18-16-14-12-10-8-6-2/h13-16,19-22,42-43H,5-12,17-18,23-41H2,1-4H3/b15-13-,16-14-,21-19-,22-20-/t42-,43-/m1/s1. The van der Waals surface area contributed by atoms with Crippen molar-refractivity contribution in [1.82, 2.24) is 9.80 Å². The highest BCUT2D eigenvalue weighted by Crippen LogP contribution is 2.19. The summed E-state index contributed by atoms with van der Waals surface area (Å²) in [4.78, 5) is 16.7. The van der Waals surface area contributed by atoms with Crippen molar-refractivity contribution < 1.29 is 14.3 Å². The van der Waals surface area contributed by atoms with E-state index in [4.69, 9.17) is 9.47 Å². The van der Waals surface area contributed by atoms with Gasteiger partial charge in [0, 0.05) is 26.3 Å². The van der Waals surface area contributed by atoms with Crippen molar-refractivity contribution in [2.45, 2.75) is 180 Å². The van der Waals surface area contributed by atoms with Gasteiger partial charge < -0.3 is 19.3 Å². The van der Waals surface area contributed by atoms with Crippen molar-refractivity contribution in [3.05, 3.63) is 48.6 Å². The van der Waals surface area contributed by atoms with Gasteiger partial charge in [0.2, 0.25) is 5.91 Å². The molecule has 1 heterocycles. The predicted molar refractivity (Wildman–Crippen MR) is 213 cm³/mol. The van der Waals surface area contributed by atoms with E-state index in [-0.39, 0.29) is 18.1 Å². The van der Waals surface area contributed by atoms with Crippen LogP contribution in [-0.4, -0.2) is 74.9 Å². The van der Waals surface area contributed by atoms with Crippen LogP contribution in [-0.2, 0) is 14.3 Å². The fourth-order valence-corrected chi connectivity index (χ4v) is 6.29. The molecule has 0 radical (unpaired) electrons. The molecule has 1 fully saturated rings. The predicted octanol–water partition coefficient (Wildman–Crippen LogP) is 11.8. The molecule has 5 nitrogen and oxygen atoms in total. The Balaban J connectivity index is 2.13. The second-order valence-corrected chi connectivity index (χ2v) is 14.5. The molecule has 0 unspecified atom stereocenters. The highest BCUT2D eigenvalue weighted by molar-refractivity contribution is 5.78. The number of carbonyl (C=O) groups is 1. The topological polar surface area (TPSA) is 42.0 Å². The molecule has 0 aromatic carbocycles. The maximum Gasteiger partial charge on any atom is 0.236 e. The Morgan fingerprint density at radius 2 is 0.878 bits per heavy atom. The summed E-state index contributed by atoms with van der Waals surface area (Å²) in [6.07, 6.45) is 48.6. The van der Waals surface area contributed by atoms with Gasteiger partial charge in [0.1, 0.15) is 12.2 Å². The Labute approximate surface area is 305 Å². The Morgan fingerprint density at radius 1 is 0.531 bits per heavy atom. The van der Waals surface area contributed by atoms with Crippen LogP contribution in [0.3, 0.4) is 0 Å². The van der Waals surface area contributed by atoms with E-state index in [0.717, 1.165) is 38.9 Å². The molecule has 2 atom stereocenters. The fraction of sp³-hybridized carbons (Fsp3) is 0.795.